The van der Waals surface area contributed by atoms with Gasteiger partial charge in [-0.1, -0.05) is 17.7 Å². The van der Waals surface area contributed by atoms with Crippen molar-refractivity contribution >= 4 is 5.78 Å². The van der Waals surface area contributed by atoms with Crippen LogP contribution in [0.5, 0.6) is 0 Å². The predicted octanol–water partition coefficient (Wildman–Crippen LogP) is 2.19. The fraction of sp³-hybridized carbons (Fsp3) is 0.533. The van der Waals surface area contributed by atoms with Gasteiger partial charge in [-0.15, -0.1) is 0 Å². The molecule has 0 amide bonds. The van der Waals surface area contributed by atoms with Crippen LogP contribution in [0.1, 0.15) is 35.3 Å². The van der Waals surface area contributed by atoms with Crippen molar-refractivity contribution in [2.24, 2.45) is 0 Å². The van der Waals surface area contributed by atoms with Gasteiger partial charge in [0, 0.05) is 11.6 Å². The Morgan fingerprint density at radius 3 is 2.50 bits per heavy atom. The summed E-state index contributed by atoms with van der Waals surface area (Å²) in [6.45, 7) is 7.79. The van der Waals surface area contributed by atoms with Crippen LogP contribution in [0.2, 0.25) is 0 Å². The van der Waals surface area contributed by atoms with Crippen LogP contribution in [0.3, 0.4) is 0 Å². The van der Waals surface area contributed by atoms with E-state index in [4.69, 9.17) is 5.11 Å². The summed E-state index contributed by atoms with van der Waals surface area (Å²) in [4.78, 5) is 14.4. The Balaban J connectivity index is 2.96. The second-order valence-corrected chi connectivity index (χ2v) is 5.06. The fourth-order valence-electron chi connectivity index (χ4n) is 1.92. The maximum atomic E-state index is 12.5. The maximum Gasteiger partial charge on any atom is 0.179 e. The van der Waals surface area contributed by atoms with Gasteiger partial charge < -0.3 is 5.11 Å². The fourth-order valence-corrected chi connectivity index (χ4v) is 1.92. The lowest BCUT2D eigenvalue weighted by Crippen LogP contribution is -2.43. The highest BCUT2D eigenvalue weighted by molar-refractivity contribution is 6.01. The number of likely N-dealkylation sites (N-methyl/N-ethyl adjacent to an activating group) is 1. The molecule has 2 atom stereocenters. The molecule has 3 heteroatoms. The van der Waals surface area contributed by atoms with E-state index in [1.807, 2.05) is 57.8 Å². The SMILES string of the molecule is Cc1ccc(C)c(C(=O)C(C)N(C)C(C)CO)c1. The highest BCUT2D eigenvalue weighted by Gasteiger charge is 2.23. The van der Waals surface area contributed by atoms with E-state index in [0.717, 1.165) is 16.7 Å². The number of aliphatic hydroxyl groups excluding tert-OH is 1. The molecule has 2 unspecified atom stereocenters. The van der Waals surface area contributed by atoms with Gasteiger partial charge in [0.2, 0.25) is 0 Å². The number of rotatable bonds is 5. The molecule has 100 valence electrons. The number of hydrogen-bond donors (Lipinski definition) is 1. The van der Waals surface area contributed by atoms with Crippen LogP contribution < -0.4 is 0 Å². The Morgan fingerprint density at radius 2 is 1.94 bits per heavy atom. The highest BCUT2D eigenvalue weighted by atomic mass is 16.3. The van der Waals surface area contributed by atoms with Gasteiger partial charge in [-0.25, -0.2) is 0 Å². The second kappa shape index (κ2) is 6.12. The Labute approximate surface area is 109 Å². The molecule has 0 aromatic heterocycles. The lowest BCUT2D eigenvalue weighted by Gasteiger charge is -2.29. The molecule has 0 aliphatic heterocycles. The lowest BCUT2D eigenvalue weighted by atomic mass is 9.97. The molecule has 1 rings (SSSR count). The Hall–Kier alpha value is -1.19. The Morgan fingerprint density at radius 1 is 1.33 bits per heavy atom. The van der Waals surface area contributed by atoms with E-state index in [1.54, 1.807) is 0 Å². The number of aliphatic hydroxyl groups is 1. The van der Waals surface area contributed by atoms with Gasteiger partial charge in [0.1, 0.15) is 0 Å². The van der Waals surface area contributed by atoms with E-state index in [1.165, 1.54) is 0 Å². The quantitative estimate of drug-likeness (QED) is 0.813. The molecule has 0 saturated carbocycles. The molecule has 0 aliphatic carbocycles. The summed E-state index contributed by atoms with van der Waals surface area (Å²) in [5.74, 6) is 0.110. The van der Waals surface area contributed by atoms with Gasteiger partial charge in [0.25, 0.3) is 0 Å². The molecule has 1 N–H and O–H groups in total. The molecule has 1 aromatic carbocycles. The van der Waals surface area contributed by atoms with E-state index < -0.39 is 0 Å². The van der Waals surface area contributed by atoms with Crippen molar-refractivity contribution in [3.8, 4) is 0 Å². The summed E-state index contributed by atoms with van der Waals surface area (Å²) >= 11 is 0. The summed E-state index contributed by atoms with van der Waals surface area (Å²) in [6, 6.07) is 5.68. The molecule has 0 aliphatic rings. The van der Waals surface area contributed by atoms with Gasteiger partial charge in [-0.3, -0.25) is 9.69 Å². The molecule has 1 aromatic rings. The molecule has 0 fully saturated rings. The summed E-state index contributed by atoms with van der Waals surface area (Å²) in [5, 5.41) is 9.15. The normalized spacial score (nSPS) is 14.6. The number of carbonyl (C=O) groups is 1. The van der Waals surface area contributed by atoms with Gasteiger partial charge >= 0.3 is 0 Å². The second-order valence-electron chi connectivity index (χ2n) is 5.06. The predicted molar refractivity (Wildman–Crippen MR) is 74.0 cm³/mol. The minimum absolute atomic E-state index is 0.0194. The molecule has 0 heterocycles. The molecular weight excluding hydrogens is 226 g/mol. The molecular formula is C15H23NO2. The standard InChI is InChI=1S/C15H23NO2/c1-10-6-7-11(2)14(8-10)15(18)13(4)16(5)12(3)9-17/h6-8,12-13,17H,9H2,1-5H3. The number of carbonyl (C=O) groups excluding carboxylic acids is 1. The van der Waals surface area contributed by atoms with E-state index in [2.05, 4.69) is 0 Å². The van der Waals surface area contributed by atoms with Gasteiger partial charge in [-0.2, -0.15) is 0 Å². The van der Waals surface area contributed by atoms with Crippen molar-refractivity contribution in [3.63, 3.8) is 0 Å². The lowest BCUT2D eigenvalue weighted by molar-refractivity contribution is 0.0762. The largest absolute Gasteiger partial charge is 0.395 e. The summed E-state index contributed by atoms with van der Waals surface area (Å²) in [7, 11) is 1.87. The number of hydrogen-bond acceptors (Lipinski definition) is 3. The number of ketones is 1. The summed E-state index contributed by atoms with van der Waals surface area (Å²) in [6.07, 6.45) is 0. The van der Waals surface area contributed by atoms with Crippen molar-refractivity contribution in [1.82, 2.24) is 4.90 Å². The smallest absolute Gasteiger partial charge is 0.179 e. The van der Waals surface area contributed by atoms with Gasteiger partial charge in [-0.05, 0) is 46.4 Å². The monoisotopic (exact) mass is 249 g/mol. The maximum absolute atomic E-state index is 12.5. The summed E-state index contributed by atoms with van der Waals surface area (Å²) in [5.41, 5.74) is 2.87. The van der Waals surface area contributed by atoms with Crippen molar-refractivity contribution in [1.29, 1.82) is 0 Å². The summed E-state index contributed by atoms with van der Waals surface area (Å²) < 4.78 is 0. The van der Waals surface area contributed by atoms with Crippen LogP contribution in [-0.4, -0.2) is 41.5 Å². The van der Waals surface area contributed by atoms with Crippen LogP contribution in [0, 0.1) is 13.8 Å². The molecule has 0 bridgehead atoms. The number of aryl methyl sites for hydroxylation is 2. The first-order chi connectivity index (χ1) is 8.38. The van der Waals surface area contributed by atoms with E-state index in [-0.39, 0.29) is 24.5 Å². The first kappa shape index (κ1) is 14.9. The van der Waals surface area contributed by atoms with Crippen molar-refractivity contribution in [2.45, 2.75) is 39.8 Å². The van der Waals surface area contributed by atoms with Crippen molar-refractivity contribution in [2.75, 3.05) is 13.7 Å². The third-order valence-corrected chi connectivity index (χ3v) is 3.61. The third kappa shape index (κ3) is 3.18. The molecule has 0 radical (unpaired) electrons. The average Bonchev–Trinajstić information content (AvgIpc) is 2.38. The van der Waals surface area contributed by atoms with Crippen LogP contribution in [0.4, 0.5) is 0 Å². The number of benzene rings is 1. The van der Waals surface area contributed by atoms with E-state index in [9.17, 15) is 4.79 Å². The zero-order chi connectivity index (χ0) is 13.9. The first-order valence-electron chi connectivity index (χ1n) is 6.32. The van der Waals surface area contributed by atoms with E-state index in [0.29, 0.717) is 0 Å². The van der Waals surface area contributed by atoms with Crippen LogP contribution in [0.25, 0.3) is 0 Å². The molecule has 0 spiro atoms. The molecule has 18 heavy (non-hydrogen) atoms. The topological polar surface area (TPSA) is 40.5 Å². The molecule has 3 nitrogen and oxygen atoms in total. The average molecular weight is 249 g/mol. The van der Waals surface area contributed by atoms with E-state index >= 15 is 0 Å². The number of nitrogens with zero attached hydrogens (tertiary/aromatic N) is 1. The minimum Gasteiger partial charge on any atom is -0.395 e. The minimum atomic E-state index is -0.229. The third-order valence-electron chi connectivity index (χ3n) is 3.61. The zero-order valence-electron chi connectivity index (χ0n) is 11.9. The van der Waals surface area contributed by atoms with Crippen LogP contribution >= 0.6 is 0 Å². The van der Waals surface area contributed by atoms with Crippen molar-refractivity contribution < 1.29 is 9.90 Å². The van der Waals surface area contributed by atoms with Crippen molar-refractivity contribution in [3.05, 3.63) is 34.9 Å². The Bertz CT molecular complexity index is 429. The zero-order valence-corrected chi connectivity index (χ0v) is 11.9. The molecule has 0 saturated heterocycles. The Kier molecular flexibility index (Phi) is 5.05. The van der Waals surface area contributed by atoms with Gasteiger partial charge in [0.15, 0.2) is 5.78 Å². The highest BCUT2D eigenvalue weighted by Crippen LogP contribution is 2.16. The van der Waals surface area contributed by atoms with Crippen LogP contribution in [0.15, 0.2) is 18.2 Å². The van der Waals surface area contributed by atoms with Gasteiger partial charge in [0.05, 0.1) is 12.6 Å². The first-order valence-corrected chi connectivity index (χ1v) is 6.32. The number of Topliss-reactive ketones (excluding diaryl/α,β-unsaturated/α-hetero) is 1. The van der Waals surface area contributed by atoms with Crippen LogP contribution in [-0.2, 0) is 0 Å².